The largest absolute Gasteiger partial charge is 0.496 e. The molecule has 0 saturated carbocycles. The lowest BCUT2D eigenvalue weighted by Gasteiger charge is -2.35. The van der Waals surface area contributed by atoms with E-state index < -0.39 is 0 Å². The minimum atomic E-state index is 0.127. The van der Waals surface area contributed by atoms with Gasteiger partial charge in [0.2, 0.25) is 5.91 Å². The van der Waals surface area contributed by atoms with Gasteiger partial charge in [0.05, 0.1) is 13.2 Å². The molecule has 1 aliphatic rings. The first kappa shape index (κ1) is 18.7. The third-order valence-corrected chi connectivity index (χ3v) is 4.65. The van der Waals surface area contributed by atoms with Gasteiger partial charge in [0.15, 0.2) is 0 Å². The van der Waals surface area contributed by atoms with Crippen LogP contribution in [0.3, 0.4) is 0 Å². The van der Waals surface area contributed by atoms with Gasteiger partial charge in [-0.25, -0.2) is 0 Å². The Balaban J connectivity index is 2.04. The lowest BCUT2D eigenvalue weighted by atomic mass is 10.0. The minimum absolute atomic E-state index is 0.127. The predicted octanol–water partition coefficient (Wildman–Crippen LogP) is 2.34. The molecule has 0 bridgehead atoms. The molecule has 1 saturated heterocycles. The van der Waals surface area contributed by atoms with Crippen LogP contribution in [0.4, 0.5) is 0 Å². The molecule has 1 aromatic rings. The molecule has 1 amide bonds. The number of benzene rings is 1. The molecule has 134 valence electrons. The number of carbonyl (C=O) groups excluding carboxylic acids is 1. The summed E-state index contributed by atoms with van der Waals surface area (Å²) in [6, 6.07) is 8.33. The van der Waals surface area contributed by atoms with E-state index in [2.05, 4.69) is 21.6 Å². The number of carbonyl (C=O) groups is 1. The maximum atomic E-state index is 12.1. The Labute approximate surface area is 145 Å². The monoisotopic (exact) mass is 333 g/mol. The van der Waals surface area contributed by atoms with Crippen molar-refractivity contribution >= 4 is 5.91 Å². The molecule has 0 spiro atoms. The summed E-state index contributed by atoms with van der Waals surface area (Å²) in [4.78, 5) is 14.6. The van der Waals surface area contributed by atoms with E-state index in [-0.39, 0.29) is 11.9 Å². The van der Waals surface area contributed by atoms with Crippen molar-refractivity contribution in [2.75, 3.05) is 40.3 Å². The third kappa shape index (κ3) is 5.49. The maximum Gasteiger partial charge on any atom is 0.220 e. The van der Waals surface area contributed by atoms with Crippen molar-refractivity contribution in [3.05, 3.63) is 29.8 Å². The van der Waals surface area contributed by atoms with Gasteiger partial charge in [-0.3, -0.25) is 9.69 Å². The number of nitrogens with one attached hydrogen (secondary N) is 2. The zero-order valence-corrected chi connectivity index (χ0v) is 15.0. The zero-order valence-electron chi connectivity index (χ0n) is 15.0. The summed E-state index contributed by atoms with van der Waals surface area (Å²) in [5, 5.41) is 6.20. The quantitative estimate of drug-likeness (QED) is 0.681. The van der Waals surface area contributed by atoms with Gasteiger partial charge in [-0.2, -0.15) is 0 Å². The Bertz CT molecular complexity index is 501. The molecule has 1 heterocycles. The summed E-state index contributed by atoms with van der Waals surface area (Å²) in [6.07, 6.45) is 5.18. The number of hydrogen-bond donors (Lipinski definition) is 2. The second-order valence-electron chi connectivity index (χ2n) is 6.37. The number of likely N-dealkylation sites (tertiary alicyclic amines) is 1. The first-order valence-electron chi connectivity index (χ1n) is 9.04. The molecule has 2 N–H and O–H groups in total. The SMILES string of the molecule is CNCCCC(=O)NCC(c1ccccc1OC)N1CCCCC1. The minimum Gasteiger partial charge on any atom is -0.496 e. The summed E-state index contributed by atoms with van der Waals surface area (Å²) >= 11 is 0. The summed E-state index contributed by atoms with van der Waals surface area (Å²) in [7, 11) is 3.62. The van der Waals surface area contributed by atoms with Gasteiger partial charge in [0.1, 0.15) is 5.75 Å². The average Bonchev–Trinajstić information content (AvgIpc) is 2.63. The number of amides is 1. The van der Waals surface area contributed by atoms with Crippen molar-refractivity contribution in [3.63, 3.8) is 0 Å². The van der Waals surface area contributed by atoms with Crippen LogP contribution in [0.5, 0.6) is 5.75 Å². The van der Waals surface area contributed by atoms with Crippen molar-refractivity contribution < 1.29 is 9.53 Å². The normalized spacial score (nSPS) is 16.6. The van der Waals surface area contributed by atoms with Crippen LogP contribution in [-0.4, -0.2) is 51.1 Å². The highest BCUT2D eigenvalue weighted by Gasteiger charge is 2.25. The van der Waals surface area contributed by atoms with Gasteiger partial charge in [0.25, 0.3) is 0 Å². The van der Waals surface area contributed by atoms with Gasteiger partial charge in [-0.05, 0) is 52.0 Å². The van der Waals surface area contributed by atoms with E-state index in [1.54, 1.807) is 7.11 Å². The summed E-state index contributed by atoms with van der Waals surface area (Å²) in [6.45, 7) is 3.67. The molecule has 5 nitrogen and oxygen atoms in total. The van der Waals surface area contributed by atoms with Gasteiger partial charge >= 0.3 is 0 Å². The zero-order chi connectivity index (χ0) is 17.2. The number of rotatable bonds is 9. The Kier molecular flexibility index (Phi) is 8.05. The lowest BCUT2D eigenvalue weighted by Crippen LogP contribution is -2.40. The van der Waals surface area contributed by atoms with Gasteiger partial charge in [-0.15, -0.1) is 0 Å². The Hall–Kier alpha value is -1.59. The van der Waals surface area contributed by atoms with Gasteiger partial charge < -0.3 is 15.4 Å². The first-order chi connectivity index (χ1) is 11.8. The number of nitrogens with zero attached hydrogens (tertiary/aromatic N) is 1. The fourth-order valence-electron chi connectivity index (χ4n) is 3.33. The van der Waals surface area contributed by atoms with Crippen molar-refractivity contribution in [1.82, 2.24) is 15.5 Å². The van der Waals surface area contributed by atoms with Crippen molar-refractivity contribution in [2.45, 2.75) is 38.1 Å². The molecule has 0 aromatic heterocycles. The van der Waals surface area contributed by atoms with Crippen LogP contribution in [0, 0.1) is 0 Å². The van der Waals surface area contributed by atoms with E-state index in [4.69, 9.17) is 4.74 Å². The summed E-state index contributed by atoms with van der Waals surface area (Å²) in [5.41, 5.74) is 1.16. The van der Waals surface area contributed by atoms with Crippen molar-refractivity contribution in [2.24, 2.45) is 0 Å². The standard InChI is InChI=1S/C19H31N3O2/c1-20-12-8-11-19(23)21-15-17(22-13-6-3-7-14-22)16-9-4-5-10-18(16)24-2/h4-5,9-10,17,20H,3,6-8,11-15H2,1-2H3,(H,21,23). The van der Waals surface area contributed by atoms with Crippen LogP contribution in [0.15, 0.2) is 24.3 Å². The fourth-order valence-corrected chi connectivity index (χ4v) is 3.33. The van der Waals surface area contributed by atoms with Gasteiger partial charge in [-0.1, -0.05) is 24.6 Å². The summed E-state index contributed by atoms with van der Waals surface area (Å²) < 4.78 is 5.56. The van der Waals surface area contributed by atoms with Crippen molar-refractivity contribution in [3.8, 4) is 5.75 Å². The predicted molar refractivity (Wildman–Crippen MR) is 97.3 cm³/mol. The third-order valence-electron chi connectivity index (χ3n) is 4.65. The van der Waals surface area contributed by atoms with Crippen LogP contribution >= 0.6 is 0 Å². The van der Waals surface area contributed by atoms with Crippen LogP contribution in [0.2, 0.25) is 0 Å². The Morgan fingerprint density at radius 2 is 2.00 bits per heavy atom. The van der Waals surface area contributed by atoms with E-state index in [9.17, 15) is 4.79 Å². The van der Waals surface area contributed by atoms with Crippen LogP contribution in [0.1, 0.15) is 43.7 Å². The molecule has 0 radical (unpaired) electrons. The first-order valence-corrected chi connectivity index (χ1v) is 9.04. The fraction of sp³-hybridized carbons (Fsp3) is 0.632. The lowest BCUT2D eigenvalue weighted by molar-refractivity contribution is -0.121. The Morgan fingerprint density at radius 3 is 2.71 bits per heavy atom. The molecule has 5 heteroatoms. The molecule has 2 rings (SSSR count). The highest BCUT2D eigenvalue weighted by molar-refractivity contribution is 5.75. The second-order valence-corrected chi connectivity index (χ2v) is 6.37. The highest BCUT2D eigenvalue weighted by atomic mass is 16.5. The van der Waals surface area contributed by atoms with E-state index in [0.717, 1.165) is 37.4 Å². The molecule has 24 heavy (non-hydrogen) atoms. The number of piperidine rings is 1. The molecule has 0 aliphatic carbocycles. The second kappa shape index (κ2) is 10.3. The number of ether oxygens (including phenoxy) is 1. The number of hydrogen-bond acceptors (Lipinski definition) is 4. The van der Waals surface area contributed by atoms with Crippen LogP contribution < -0.4 is 15.4 Å². The molecular weight excluding hydrogens is 302 g/mol. The molecule has 1 fully saturated rings. The maximum absolute atomic E-state index is 12.1. The van der Waals surface area contributed by atoms with E-state index in [1.165, 1.54) is 19.3 Å². The van der Waals surface area contributed by atoms with E-state index >= 15 is 0 Å². The van der Waals surface area contributed by atoms with Gasteiger partial charge in [0, 0.05) is 18.5 Å². The molecule has 1 atom stereocenters. The number of methoxy groups -OCH3 is 1. The van der Waals surface area contributed by atoms with E-state index in [0.29, 0.717) is 13.0 Å². The van der Waals surface area contributed by atoms with Crippen molar-refractivity contribution in [1.29, 1.82) is 0 Å². The highest BCUT2D eigenvalue weighted by Crippen LogP contribution is 2.30. The smallest absolute Gasteiger partial charge is 0.220 e. The molecular formula is C19H31N3O2. The average molecular weight is 333 g/mol. The molecule has 1 unspecified atom stereocenters. The van der Waals surface area contributed by atoms with Crippen LogP contribution in [0.25, 0.3) is 0 Å². The van der Waals surface area contributed by atoms with E-state index in [1.807, 2.05) is 25.2 Å². The molecule has 1 aliphatic heterocycles. The molecule has 1 aromatic carbocycles. The Morgan fingerprint density at radius 1 is 1.25 bits per heavy atom. The summed E-state index contributed by atoms with van der Waals surface area (Å²) in [5.74, 6) is 1.03. The topological polar surface area (TPSA) is 53.6 Å². The van der Waals surface area contributed by atoms with Crippen LogP contribution in [-0.2, 0) is 4.79 Å². The number of para-hydroxylation sites is 1.